The number of carboxylic acid groups (broad SMARTS) is 1. The lowest BCUT2D eigenvalue weighted by Crippen LogP contribution is -2.51. The highest BCUT2D eigenvalue weighted by atomic mass is 79.9. The summed E-state index contributed by atoms with van der Waals surface area (Å²) >= 11 is 2.90. The van der Waals surface area contributed by atoms with Crippen molar-refractivity contribution >= 4 is 33.6 Å². The zero-order valence-electron chi connectivity index (χ0n) is 10.1. The Morgan fingerprint density at radius 2 is 1.89 bits per heavy atom. The summed E-state index contributed by atoms with van der Waals surface area (Å²) in [5, 5.41) is 13.1. The number of halogens is 3. The fourth-order valence-electron chi connectivity index (χ4n) is 1.14. The number of aliphatic carboxylic acids is 1. The fraction of sp³-hybridized carbons (Fsp3) is 0.273. The van der Waals surface area contributed by atoms with E-state index in [0.717, 1.165) is 6.07 Å². The van der Waals surface area contributed by atoms with Crippen LogP contribution in [0.25, 0.3) is 0 Å². The van der Waals surface area contributed by atoms with E-state index < -0.39 is 29.2 Å². The van der Waals surface area contributed by atoms with E-state index in [1.54, 1.807) is 0 Å². The van der Waals surface area contributed by atoms with Gasteiger partial charge >= 0.3 is 12.0 Å². The maximum Gasteiger partial charge on any atom is 0.328 e. The summed E-state index contributed by atoms with van der Waals surface area (Å²) in [6.45, 7) is 2.54. The average Bonchev–Trinajstić information content (AvgIpc) is 2.22. The van der Waals surface area contributed by atoms with E-state index >= 15 is 0 Å². The van der Waals surface area contributed by atoms with Gasteiger partial charge in [-0.2, -0.15) is 0 Å². The summed E-state index contributed by atoms with van der Waals surface area (Å²) in [6, 6.07) is 0.655. The van der Waals surface area contributed by atoms with Gasteiger partial charge < -0.3 is 15.7 Å². The van der Waals surface area contributed by atoms with Gasteiger partial charge in [-0.05, 0) is 35.8 Å². The Kier molecular flexibility index (Phi) is 4.46. The van der Waals surface area contributed by atoms with Gasteiger partial charge in [-0.25, -0.2) is 18.4 Å². The van der Waals surface area contributed by atoms with Crippen molar-refractivity contribution in [1.82, 2.24) is 5.32 Å². The molecule has 0 heterocycles. The maximum absolute atomic E-state index is 13.4. The molecule has 2 amide bonds. The quantitative estimate of drug-likeness (QED) is 0.794. The van der Waals surface area contributed by atoms with Crippen LogP contribution in [-0.4, -0.2) is 22.6 Å². The predicted octanol–water partition coefficient (Wildman–Crippen LogP) is 2.71. The molecule has 1 aromatic rings. The van der Waals surface area contributed by atoms with E-state index in [-0.39, 0.29) is 10.2 Å². The number of carbonyl (C=O) groups is 2. The molecular formula is C11H11BrF2N2O3. The number of rotatable bonds is 3. The van der Waals surface area contributed by atoms with Crippen molar-refractivity contribution in [2.24, 2.45) is 0 Å². The molecule has 0 aliphatic heterocycles. The van der Waals surface area contributed by atoms with Crippen LogP contribution in [0.1, 0.15) is 13.8 Å². The molecule has 0 unspecified atom stereocenters. The lowest BCUT2D eigenvalue weighted by Gasteiger charge is -2.21. The van der Waals surface area contributed by atoms with Gasteiger partial charge in [0.1, 0.15) is 11.4 Å². The Labute approximate surface area is 116 Å². The van der Waals surface area contributed by atoms with Crippen LogP contribution in [0.3, 0.4) is 0 Å². The first kappa shape index (κ1) is 15.4. The van der Waals surface area contributed by atoms with Crippen LogP contribution in [-0.2, 0) is 4.79 Å². The van der Waals surface area contributed by atoms with E-state index in [9.17, 15) is 18.4 Å². The van der Waals surface area contributed by atoms with Crippen LogP contribution in [0.15, 0.2) is 16.6 Å². The Morgan fingerprint density at radius 1 is 1.32 bits per heavy atom. The minimum atomic E-state index is -1.52. The van der Waals surface area contributed by atoms with E-state index in [4.69, 9.17) is 5.11 Å². The van der Waals surface area contributed by atoms with Crippen molar-refractivity contribution in [3.8, 4) is 0 Å². The zero-order chi connectivity index (χ0) is 14.8. The van der Waals surface area contributed by atoms with E-state index in [1.165, 1.54) is 13.8 Å². The first-order valence-electron chi connectivity index (χ1n) is 5.10. The largest absolute Gasteiger partial charge is 0.480 e. The number of hydrogen-bond acceptors (Lipinski definition) is 2. The number of urea groups is 1. The van der Waals surface area contributed by atoms with E-state index in [2.05, 4.69) is 26.6 Å². The van der Waals surface area contributed by atoms with E-state index in [1.807, 2.05) is 0 Å². The van der Waals surface area contributed by atoms with Crippen molar-refractivity contribution < 1.29 is 23.5 Å². The van der Waals surface area contributed by atoms with Gasteiger partial charge in [0.2, 0.25) is 0 Å². The molecular weight excluding hydrogens is 326 g/mol. The van der Waals surface area contributed by atoms with Gasteiger partial charge in [0.15, 0.2) is 5.82 Å². The third kappa shape index (κ3) is 3.88. The molecule has 0 aliphatic rings. The number of carboxylic acids is 1. The van der Waals surface area contributed by atoms with Gasteiger partial charge in [-0.15, -0.1) is 0 Å². The van der Waals surface area contributed by atoms with Gasteiger partial charge in [0.25, 0.3) is 0 Å². The van der Waals surface area contributed by atoms with Crippen molar-refractivity contribution in [3.63, 3.8) is 0 Å². The maximum atomic E-state index is 13.4. The van der Waals surface area contributed by atoms with Crippen LogP contribution in [0.4, 0.5) is 19.3 Å². The molecule has 1 rings (SSSR count). The lowest BCUT2D eigenvalue weighted by molar-refractivity contribution is -0.142. The Bertz CT molecular complexity index is 512. The Morgan fingerprint density at radius 3 is 2.37 bits per heavy atom. The number of carbonyl (C=O) groups excluding carboxylic acids is 1. The second kappa shape index (κ2) is 5.52. The number of nitrogens with one attached hydrogen (secondary N) is 2. The highest BCUT2D eigenvalue weighted by molar-refractivity contribution is 9.10. The monoisotopic (exact) mass is 336 g/mol. The molecule has 0 spiro atoms. The minimum absolute atomic E-state index is 0.00767. The first-order valence-corrected chi connectivity index (χ1v) is 5.90. The molecule has 5 nitrogen and oxygen atoms in total. The van der Waals surface area contributed by atoms with E-state index in [0.29, 0.717) is 6.07 Å². The zero-order valence-corrected chi connectivity index (χ0v) is 11.6. The summed E-state index contributed by atoms with van der Waals surface area (Å²) in [7, 11) is 0. The normalized spacial score (nSPS) is 11.0. The molecule has 8 heteroatoms. The molecule has 19 heavy (non-hydrogen) atoms. The number of anilines is 1. The summed E-state index contributed by atoms with van der Waals surface area (Å²) in [5.74, 6) is -3.03. The molecule has 0 atom stereocenters. The number of hydrogen-bond donors (Lipinski definition) is 3. The first-order chi connectivity index (χ1) is 8.63. The van der Waals surface area contributed by atoms with Crippen molar-refractivity contribution in [2.75, 3.05) is 5.32 Å². The van der Waals surface area contributed by atoms with Crippen LogP contribution in [0.5, 0.6) is 0 Å². The summed E-state index contributed by atoms with van der Waals surface area (Å²) in [5.41, 5.74) is -1.80. The number of amides is 2. The third-order valence-electron chi connectivity index (χ3n) is 2.21. The van der Waals surface area contributed by atoms with Crippen molar-refractivity contribution in [2.45, 2.75) is 19.4 Å². The minimum Gasteiger partial charge on any atom is -0.480 e. The van der Waals surface area contributed by atoms with Crippen LogP contribution >= 0.6 is 15.9 Å². The summed E-state index contributed by atoms with van der Waals surface area (Å²) in [6.07, 6.45) is 0. The molecule has 0 radical (unpaired) electrons. The molecule has 104 valence electrons. The second-order valence-corrected chi connectivity index (χ2v) is 5.11. The molecule has 0 aliphatic carbocycles. The van der Waals surface area contributed by atoms with Gasteiger partial charge in [0, 0.05) is 10.5 Å². The molecule has 1 aromatic carbocycles. The SMILES string of the molecule is CC(C)(NC(=O)Nc1c(F)cc(F)cc1Br)C(=O)O. The average molecular weight is 337 g/mol. The molecule has 0 bridgehead atoms. The smallest absolute Gasteiger partial charge is 0.328 e. The van der Waals surface area contributed by atoms with Crippen LogP contribution < -0.4 is 10.6 Å². The second-order valence-electron chi connectivity index (χ2n) is 4.25. The third-order valence-corrected chi connectivity index (χ3v) is 2.83. The van der Waals surface area contributed by atoms with Gasteiger partial charge in [-0.1, -0.05) is 0 Å². The molecule has 0 saturated heterocycles. The van der Waals surface area contributed by atoms with Crippen LogP contribution in [0, 0.1) is 11.6 Å². The Balaban J connectivity index is 2.87. The molecule has 3 N–H and O–H groups in total. The Hall–Kier alpha value is -1.70. The topological polar surface area (TPSA) is 78.4 Å². The van der Waals surface area contributed by atoms with Gasteiger partial charge in [0.05, 0.1) is 5.69 Å². The van der Waals surface area contributed by atoms with Gasteiger partial charge in [-0.3, -0.25) is 0 Å². The van der Waals surface area contributed by atoms with Crippen LogP contribution in [0.2, 0.25) is 0 Å². The summed E-state index contributed by atoms with van der Waals surface area (Å²) < 4.78 is 26.3. The highest BCUT2D eigenvalue weighted by Gasteiger charge is 2.29. The summed E-state index contributed by atoms with van der Waals surface area (Å²) in [4.78, 5) is 22.4. The molecule has 0 saturated carbocycles. The predicted molar refractivity (Wildman–Crippen MR) is 67.9 cm³/mol. The standard InChI is InChI=1S/C11H11BrF2N2O3/c1-11(2,9(17)18)16-10(19)15-8-6(12)3-5(13)4-7(8)14/h3-4H,1-2H3,(H,17,18)(H2,15,16,19). The molecule has 0 fully saturated rings. The van der Waals surface area contributed by atoms with Crippen molar-refractivity contribution in [3.05, 3.63) is 28.2 Å². The lowest BCUT2D eigenvalue weighted by atomic mass is 10.1. The highest BCUT2D eigenvalue weighted by Crippen LogP contribution is 2.26. The van der Waals surface area contributed by atoms with Crippen molar-refractivity contribution in [1.29, 1.82) is 0 Å². The number of benzene rings is 1. The molecule has 0 aromatic heterocycles. The fourth-order valence-corrected chi connectivity index (χ4v) is 1.65.